The summed E-state index contributed by atoms with van der Waals surface area (Å²) in [6, 6.07) is 7.96. The Hall–Kier alpha value is -3.60. The number of aromatic nitrogens is 1. The zero-order valence-corrected chi connectivity index (χ0v) is 18.4. The molecule has 1 aromatic heterocycles. The van der Waals surface area contributed by atoms with Crippen LogP contribution in [0.15, 0.2) is 42.5 Å². The monoisotopic (exact) mass is 497 g/mol. The third-order valence-corrected chi connectivity index (χ3v) is 5.49. The van der Waals surface area contributed by atoms with E-state index >= 15 is 0 Å². The predicted molar refractivity (Wildman–Crippen MR) is 116 cm³/mol. The molecule has 0 radical (unpaired) electrons. The van der Waals surface area contributed by atoms with Gasteiger partial charge >= 0.3 is 6.18 Å². The van der Waals surface area contributed by atoms with Gasteiger partial charge in [-0.05, 0) is 29.8 Å². The van der Waals surface area contributed by atoms with E-state index in [0.717, 1.165) is 0 Å². The van der Waals surface area contributed by atoms with Crippen molar-refractivity contribution in [1.29, 1.82) is 0 Å². The summed E-state index contributed by atoms with van der Waals surface area (Å²) in [5, 5.41) is 0. The number of carbonyl (C=O) groups excluding carboxylic acids is 1. The van der Waals surface area contributed by atoms with Crippen LogP contribution < -0.4 is 16.2 Å². The summed E-state index contributed by atoms with van der Waals surface area (Å²) in [4.78, 5) is 13.0. The van der Waals surface area contributed by atoms with Gasteiger partial charge in [-0.3, -0.25) is 4.79 Å². The predicted octanol–water partition coefficient (Wildman–Crippen LogP) is 4.87. The molecule has 11 heteroatoms. The molecule has 1 aliphatic heterocycles. The smallest absolute Gasteiger partial charge is 0.419 e. The Morgan fingerprint density at radius 2 is 1.83 bits per heavy atom. The number of hydrogen-bond donors (Lipinski definition) is 2. The topological polar surface area (TPSA) is 91.2 Å². The van der Waals surface area contributed by atoms with Crippen LogP contribution in [0.1, 0.15) is 41.1 Å². The number of hydrogen-bond acceptors (Lipinski definition) is 4. The van der Waals surface area contributed by atoms with Gasteiger partial charge in [0.25, 0.3) is 0 Å². The number of amides is 1. The van der Waals surface area contributed by atoms with Gasteiger partial charge in [0.15, 0.2) is 0 Å². The Morgan fingerprint density at radius 3 is 2.43 bits per heavy atom. The number of benzene rings is 2. The van der Waals surface area contributed by atoms with Gasteiger partial charge in [0, 0.05) is 35.6 Å². The largest absolute Gasteiger partial charge is 0.490 e. The molecule has 0 aliphatic carbocycles. The number of primary amides is 1. The number of halogens is 6. The van der Waals surface area contributed by atoms with E-state index in [1.807, 2.05) is 6.92 Å². The highest BCUT2D eigenvalue weighted by Gasteiger charge is 2.37. The van der Waals surface area contributed by atoms with E-state index in [4.69, 9.17) is 15.3 Å². The van der Waals surface area contributed by atoms with Crippen molar-refractivity contribution in [1.82, 2.24) is 4.98 Å². The van der Waals surface area contributed by atoms with Crippen LogP contribution >= 0.6 is 0 Å². The Bertz CT molecular complexity index is 1230. The van der Waals surface area contributed by atoms with Gasteiger partial charge in [-0.2, -0.15) is 13.2 Å². The second kappa shape index (κ2) is 10.3. The molecule has 2 atom stereocenters. The minimum absolute atomic E-state index is 0.0175. The molecule has 35 heavy (non-hydrogen) atoms. The maximum Gasteiger partial charge on any atom is 0.419 e. The molecule has 3 aromatic rings. The number of carbonyl (C=O) groups is 1. The minimum Gasteiger partial charge on any atom is -0.490 e. The van der Waals surface area contributed by atoms with E-state index < -0.39 is 40.7 Å². The summed E-state index contributed by atoms with van der Waals surface area (Å²) in [6.07, 6.45) is -4.77. The van der Waals surface area contributed by atoms with Crippen LogP contribution in [-0.2, 0) is 11.0 Å². The summed E-state index contributed by atoms with van der Waals surface area (Å²) >= 11 is 0. The molecule has 4 N–H and O–H groups in total. The van der Waals surface area contributed by atoms with E-state index in [1.165, 1.54) is 18.2 Å². The second-order valence-corrected chi connectivity index (χ2v) is 7.82. The quantitative estimate of drug-likeness (QED) is 0.397. The van der Waals surface area contributed by atoms with Crippen LogP contribution in [0.4, 0.5) is 26.3 Å². The fraction of sp³-hybridized carbons (Fsp3) is 0.250. The van der Waals surface area contributed by atoms with Gasteiger partial charge in [-0.25, -0.2) is 18.2 Å². The first-order valence-electron chi connectivity index (χ1n) is 10.4. The molecule has 2 unspecified atom stereocenters. The SMILES string of the molecule is CC1COc2c1cc(C(CN)c1cccc(F)c1)nc2-c1cc(C(F)(F)F)c(F)cc1F.NC=O. The molecule has 186 valence electrons. The lowest BCUT2D eigenvalue weighted by molar-refractivity contribution is -0.140. The van der Waals surface area contributed by atoms with Crippen molar-refractivity contribution in [2.75, 3.05) is 13.2 Å². The summed E-state index contributed by atoms with van der Waals surface area (Å²) in [7, 11) is 0. The third-order valence-electron chi connectivity index (χ3n) is 5.49. The van der Waals surface area contributed by atoms with Crippen molar-refractivity contribution < 1.29 is 35.9 Å². The Kier molecular flexibility index (Phi) is 7.69. The molecule has 1 aliphatic rings. The molecular weight excluding hydrogens is 476 g/mol. The first-order chi connectivity index (χ1) is 16.5. The summed E-state index contributed by atoms with van der Waals surface area (Å²) < 4.78 is 87.7. The lowest BCUT2D eigenvalue weighted by Gasteiger charge is -2.19. The molecule has 2 heterocycles. The highest BCUT2D eigenvalue weighted by Crippen LogP contribution is 2.44. The molecule has 0 bridgehead atoms. The van der Waals surface area contributed by atoms with Crippen LogP contribution in [0, 0.1) is 17.5 Å². The fourth-order valence-electron chi connectivity index (χ4n) is 3.85. The van der Waals surface area contributed by atoms with Crippen LogP contribution in [0.25, 0.3) is 11.3 Å². The van der Waals surface area contributed by atoms with E-state index in [-0.39, 0.29) is 43.0 Å². The Labute approximate surface area is 196 Å². The Balaban J connectivity index is 0.00000108. The molecule has 0 fully saturated rings. The second-order valence-electron chi connectivity index (χ2n) is 7.82. The summed E-state index contributed by atoms with van der Waals surface area (Å²) in [6.45, 7) is 2.07. The van der Waals surface area contributed by atoms with Gasteiger partial charge in [-0.1, -0.05) is 19.1 Å². The molecule has 2 aromatic carbocycles. The normalized spacial score (nSPS) is 15.5. The standard InChI is InChI=1S/C23H18F6N2O.CH3NO/c1-11-10-32-22-14(11)7-20(16(9-30)12-3-2-4-13(24)5-12)31-21(22)15-6-17(23(27,28)29)19(26)8-18(15)25;2-1-3/h2-8,11,16H,9-10,30H2,1H3;1H,(H2,2,3). The van der Waals surface area contributed by atoms with Crippen molar-refractivity contribution in [3.8, 4) is 17.0 Å². The van der Waals surface area contributed by atoms with Gasteiger partial charge in [-0.15, -0.1) is 0 Å². The average molecular weight is 497 g/mol. The molecule has 0 saturated heterocycles. The van der Waals surface area contributed by atoms with Crippen molar-refractivity contribution in [3.05, 3.63) is 82.3 Å². The molecule has 0 saturated carbocycles. The van der Waals surface area contributed by atoms with E-state index in [2.05, 4.69) is 10.7 Å². The minimum atomic E-state index is -5.02. The first-order valence-corrected chi connectivity index (χ1v) is 10.4. The van der Waals surface area contributed by atoms with Crippen molar-refractivity contribution >= 4 is 6.41 Å². The number of ether oxygens (including phenoxy) is 1. The molecule has 4 rings (SSSR count). The maximum atomic E-state index is 14.7. The number of rotatable bonds is 4. The van der Waals surface area contributed by atoms with Crippen molar-refractivity contribution in [2.24, 2.45) is 11.5 Å². The van der Waals surface area contributed by atoms with Crippen molar-refractivity contribution in [3.63, 3.8) is 0 Å². The summed E-state index contributed by atoms with van der Waals surface area (Å²) in [5.41, 5.74) is 9.19. The van der Waals surface area contributed by atoms with Crippen LogP contribution in [0.3, 0.4) is 0 Å². The van der Waals surface area contributed by atoms with Gasteiger partial charge < -0.3 is 16.2 Å². The lowest BCUT2D eigenvalue weighted by atomic mass is 9.91. The fourth-order valence-corrected chi connectivity index (χ4v) is 3.85. The zero-order valence-electron chi connectivity index (χ0n) is 18.4. The Morgan fingerprint density at radius 1 is 1.14 bits per heavy atom. The number of nitrogens with zero attached hydrogens (tertiary/aromatic N) is 1. The number of nitrogens with two attached hydrogens (primary N) is 2. The molecule has 5 nitrogen and oxygen atoms in total. The number of pyridine rings is 1. The third kappa shape index (κ3) is 5.40. The van der Waals surface area contributed by atoms with E-state index in [9.17, 15) is 26.3 Å². The zero-order chi connectivity index (χ0) is 25.9. The first kappa shape index (κ1) is 26.0. The van der Waals surface area contributed by atoms with Gasteiger partial charge in [0.2, 0.25) is 6.41 Å². The number of fused-ring (bicyclic) bond motifs is 1. The van der Waals surface area contributed by atoms with Gasteiger partial charge in [0.05, 0.1) is 17.9 Å². The lowest BCUT2D eigenvalue weighted by Crippen LogP contribution is -2.16. The van der Waals surface area contributed by atoms with Gasteiger partial charge in [0.1, 0.15) is 28.9 Å². The average Bonchev–Trinajstić information content (AvgIpc) is 3.15. The highest BCUT2D eigenvalue weighted by molar-refractivity contribution is 5.71. The molecule has 1 amide bonds. The molecular formula is C24H21F6N3O2. The van der Waals surface area contributed by atoms with Crippen molar-refractivity contribution in [2.45, 2.75) is 24.9 Å². The van der Waals surface area contributed by atoms with E-state index in [0.29, 0.717) is 22.9 Å². The summed E-state index contributed by atoms with van der Waals surface area (Å²) in [5.74, 6) is -4.04. The highest BCUT2D eigenvalue weighted by atomic mass is 19.4. The van der Waals surface area contributed by atoms with Crippen LogP contribution in [0.5, 0.6) is 5.75 Å². The molecule has 0 spiro atoms. The van der Waals surface area contributed by atoms with Crippen LogP contribution in [-0.4, -0.2) is 24.5 Å². The number of alkyl halides is 3. The van der Waals surface area contributed by atoms with Crippen LogP contribution in [0.2, 0.25) is 0 Å². The van der Waals surface area contributed by atoms with E-state index in [1.54, 1.807) is 12.1 Å². The maximum absolute atomic E-state index is 14.7.